The number of benzene rings is 1. The first-order valence-corrected chi connectivity index (χ1v) is 10.3. The number of Topliss-reactive ketones (excluding diaryl/α,β-unsaturated/α-hetero) is 1. The Bertz CT molecular complexity index is 655. The molecule has 2 unspecified atom stereocenters. The summed E-state index contributed by atoms with van der Waals surface area (Å²) in [6, 6.07) is 5.21. The van der Waals surface area contributed by atoms with E-state index in [0.717, 1.165) is 0 Å². The molecule has 1 aromatic carbocycles. The summed E-state index contributed by atoms with van der Waals surface area (Å²) in [7, 11) is -3.86. The number of nitro benzene ring substituents is 1. The van der Waals surface area contributed by atoms with E-state index in [2.05, 4.69) is 0 Å². The lowest BCUT2D eigenvalue weighted by Crippen LogP contribution is -2.30. The number of carbonyl (C=O) groups is 1. The zero-order chi connectivity index (χ0) is 19.7. The molecule has 0 spiro atoms. The van der Waals surface area contributed by atoms with E-state index in [4.69, 9.17) is 38.3 Å². The number of ketones is 1. The first-order valence-electron chi connectivity index (χ1n) is 7.56. The maximum atomic E-state index is 12.8. The van der Waals surface area contributed by atoms with E-state index in [9.17, 15) is 19.5 Å². The van der Waals surface area contributed by atoms with Crippen LogP contribution in [0.3, 0.4) is 0 Å². The third kappa shape index (κ3) is 6.92. The summed E-state index contributed by atoms with van der Waals surface area (Å²) in [6.45, 7) is -0.416. The molecule has 0 amide bonds. The number of hydrogen-bond acceptors (Lipinski definition) is 6. The molecule has 0 aliphatic heterocycles. The van der Waals surface area contributed by atoms with Crippen molar-refractivity contribution in [2.75, 3.05) is 31.5 Å². The quantitative estimate of drug-likeness (QED) is 0.224. The Morgan fingerprint density at radius 3 is 2.27 bits per heavy atom. The highest BCUT2D eigenvalue weighted by Gasteiger charge is 2.32. The minimum Gasteiger partial charge on any atom is -0.389 e. The molecule has 0 aliphatic carbocycles. The molecule has 0 aromatic heterocycles. The Balaban J connectivity index is 3.10. The SMILES string of the molecule is NP(=O)(OC(CC(=O)CO)c1ccc([N+](=O)[O-])cc1)N(CCCl)CCCl. The molecule has 0 bridgehead atoms. The van der Waals surface area contributed by atoms with Crippen molar-refractivity contribution in [3.05, 3.63) is 39.9 Å². The van der Waals surface area contributed by atoms with Gasteiger partial charge >= 0.3 is 7.67 Å². The Morgan fingerprint density at radius 2 is 1.85 bits per heavy atom. The van der Waals surface area contributed by atoms with Crippen LogP contribution in [-0.4, -0.2) is 51.9 Å². The number of halogens is 2. The molecule has 3 N–H and O–H groups in total. The number of nitro groups is 1. The van der Waals surface area contributed by atoms with Gasteiger partial charge in [-0.1, -0.05) is 0 Å². The molecule has 2 atom stereocenters. The Hall–Kier alpha value is -1.06. The predicted molar refractivity (Wildman–Crippen MR) is 98.4 cm³/mol. The van der Waals surface area contributed by atoms with Crippen molar-refractivity contribution in [3.63, 3.8) is 0 Å². The molecule has 0 radical (unpaired) electrons. The van der Waals surface area contributed by atoms with Crippen LogP contribution in [0, 0.1) is 10.1 Å². The second-order valence-electron chi connectivity index (χ2n) is 5.24. The van der Waals surface area contributed by atoms with Gasteiger partial charge < -0.3 is 5.11 Å². The van der Waals surface area contributed by atoms with Crippen LogP contribution in [0.2, 0.25) is 0 Å². The van der Waals surface area contributed by atoms with Gasteiger partial charge in [0.1, 0.15) is 6.61 Å². The number of alkyl halides is 2. The lowest BCUT2D eigenvalue weighted by molar-refractivity contribution is -0.384. The first-order chi connectivity index (χ1) is 12.2. The average Bonchev–Trinajstić information content (AvgIpc) is 2.60. The van der Waals surface area contributed by atoms with Crippen molar-refractivity contribution in [3.8, 4) is 0 Å². The molecule has 0 aliphatic rings. The van der Waals surface area contributed by atoms with Gasteiger partial charge in [0.2, 0.25) is 0 Å². The monoisotopic (exact) mass is 427 g/mol. The van der Waals surface area contributed by atoms with Crippen LogP contribution in [0.15, 0.2) is 24.3 Å². The fourth-order valence-corrected chi connectivity index (χ4v) is 4.23. The van der Waals surface area contributed by atoms with Gasteiger partial charge in [-0.25, -0.2) is 10.2 Å². The zero-order valence-electron chi connectivity index (χ0n) is 13.8. The summed E-state index contributed by atoms with van der Waals surface area (Å²) < 4.78 is 19.6. The fraction of sp³-hybridized carbons (Fsp3) is 0.500. The molecule has 26 heavy (non-hydrogen) atoms. The van der Waals surface area contributed by atoms with Gasteiger partial charge in [-0.3, -0.25) is 24.0 Å². The standard InChI is InChI=1S/C14H20Cl2N3O6P/c15-5-7-18(8-6-16)26(17,24)25-14(9-13(21)10-20)11-1-3-12(4-2-11)19(22)23/h1-4,14,20H,5-10H2,(H2,17,24). The molecule has 0 saturated carbocycles. The molecule has 0 saturated heterocycles. The van der Waals surface area contributed by atoms with Crippen LogP contribution in [-0.2, 0) is 13.9 Å². The van der Waals surface area contributed by atoms with Gasteiger partial charge in [0.25, 0.3) is 5.69 Å². The second kappa shape index (κ2) is 10.9. The number of nitrogens with two attached hydrogens (primary N) is 1. The number of non-ortho nitro benzene ring substituents is 1. The van der Waals surface area contributed by atoms with E-state index in [0.29, 0.717) is 5.56 Å². The van der Waals surface area contributed by atoms with Crippen molar-refractivity contribution in [1.29, 1.82) is 0 Å². The molecule has 0 heterocycles. The highest BCUT2D eigenvalue weighted by atomic mass is 35.5. The van der Waals surface area contributed by atoms with Crippen LogP contribution in [0.5, 0.6) is 0 Å². The summed E-state index contributed by atoms with van der Waals surface area (Å²) in [4.78, 5) is 21.8. The van der Waals surface area contributed by atoms with Gasteiger partial charge in [-0.15, -0.1) is 23.2 Å². The van der Waals surface area contributed by atoms with E-state index in [-0.39, 0.29) is 37.0 Å². The van der Waals surface area contributed by atoms with E-state index in [1.807, 2.05) is 0 Å². The number of aliphatic hydroxyl groups excluding tert-OH is 1. The van der Waals surface area contributed by atoms with Gasteiger partial charge in [0, 0.05) is 43.4 Å². The second-order valence-corrected chi connectivity index (χ2v) is 7.90. The Kier molecular flexibility index (Phi) is 9.67. The van der Waals surface area contributed by atoms with Crippen molar-refractivity contribution in [2.45, 2.75) is 12.5 Å². The van der Waals surface area contributed by atoms with Crippen LogP contribution >= 0.6 is 30.9 Å². The van der Waals surface area contributed by atoms with E-state index < -0.39 is 31.1 Å². The normalized spacial score (nSPS) is 14.8. The lowest BCUT2D eigenvalue weighted by Gasteiger charge is -2.30. The molecule has 1 aromatic rings. The minimum atomic E-state index is -3.86. The zero-order valence-corrected chi connectivity index (χ0v) is 16.2. The lowest BCUT2D eigenvalue weighted by atomic mass is 10.0. The first kappa shape index (κ1) is 23.0. The molecular formula is C14H20Cl2N3O6P. The van der Waals surface area contributed by atoms with Gasteiger partial charge in [0.05, 0.1) is 11.0 Å². The third-order valence-corrected chi connectivity index (χ3v) is 5.51. The maximum absolute atomic E-state index is 12.8. The van der Waals surface area contributed by atoms with Crippen LogP contribution < -0.4 is 5.50 Å². The molecular weight excluding hydrogens is 408 g/mol. The molecule has 0 fully saturated rings. The summed E-state index contributed by atoms with van der Waals surface area (Å²) in [5.41, 5.74) is 6.04. The summed E-state index contributed by atoms with van der Waals surface area (Å²) in [6.07, 6.45) is -1.36. The van der Waals surface area contributed by atoms with Crippen LogP contribution in [0.4, 0.5) is 5.69 Å². The Labute approximate surface area is 160 Å². The van der Waals surface area contributed by atoms with Gasteiger partial charge in [0.15, 0.2) is 5.78 Å². The van der Waals surface area contributed by atoms with Crippen molar-refractivity contribution in [1.82, 2.24) is 4.67 Å². The molecule has 146 valence electrons. The highest BCUT2D eigenvalue weighted by molar-refractivity contribution is 7.53. The smallest absolute Gasteiger partial charge is 0.341 e. The van der Waals surface area contributed by atoms with E-state index in [1.165, 1.54) is 28.9 Å². The summed E-state index contributed by atoms with van der Waals surface area (Å²) >= 11 is 11.4. The molecule has 12 heteroatoms. The summed E-state index contributed by atoms with van der Waals surface area (Å²) in [5, 5.41) is 19.7. The van der Waals surface area contributed by atoms with Crippen LogP contribution in [0.1, 0.15) is 18.1 Å². The number of carbonyl (C=O) groups excluding carboxylic acids is 1. The summed E-state index contributed by atoms with van der Waals surface area (Å²) in [5.74, 6) is -0.284. The van der Waals surface area contributed by atoms with Gasteiger partial charge in [-0.05, 0) is 17.7 Å². The number of hydrogen-bond donors (Lipinski definition) is 2. The number of rotatable bonds is 12. The highest BCUT2D eigenvalue weighted by Crippen LogP contribution is 2.48. The number of aliphatic hydroxyl groups is 1. The van der Waals surface area contributed by atoms with E-state index in [1.54, 1.807) is 0 Å². The third-order valence-electron chi connectivity index (χ3n) is 3.42. The Morgan fingerprint density at radius 1 is 1.31 bits per heavy atom. The van der Waals surface area contributed by atoms with E-state index >= 15 is 0 Å². The average molecular weight is 428 g/mol. The maximum Gasteiger partial charge on any atom is 0.341 e. The largest absolute Gasteiger partial charge is 0.389 e. The van der Waals surface area contributed by atoms with Crippen molar-refractivity contribution >= 4 is 42.3 Å². The number of nitrogens with zero attached hydrogens (tertiary/aromatic N) is 2. The van der Waals surface area contributed by atoms with Crippen LogP contribution in [0.25, 0.3) is 0 Å². The van der Waals surface area contributed by atoms with Gasteiger partial charge in [-0.2, -0.15) is 0 Å². The molecule has 9 nitrogen and oxygen atoms in total. The fourth-order valence-electron chi connectivity index (χ4n) is 2.13. The van der Waals surface area contributed by atoms with Crippen molar-refractivity contribution in [2.24, 2.45) is 5.50 Å². The predicted octanol–water partition coefficient (Wildman–Crippen LogP) is 2.45. The van der Waals surface area contributed by atoms with Crippen molar-refractivity contribution < 1.29 is 23.9 Å². The topological polar surface area (TPSA) is 136 Å². The minimum absolute atomic E-state index is 0.138. The molecule has 1 rings (SSSR count).